The van der Waals surface area contributed by atoms with Crippen LogP contribution in [0.4, 0.5) is 4.79 Å². The molecule has 0 spiro atoms. The Hall–Kier alpha value is -1.91. The highest BCUT2D eigenvalue weighted by Gasteiger charge is 2.23. The molecule has 1 aliphatic heterocycles. The fraction of sp³-hybridized carbons (Fsp3) is 0.188. The molecule has 0 aliphatic carbocycles. The van der Waals surface area contributed by atoms with Gasteiger partial charge in [0, 0.05) is 27.6 Å². The van der Waals surface area contributed by atoms with E-state index in [0.717, 1.165) is 16.7 Å². The molecule has 2 aromatic rings. The summed E-state index contributed by atoms with van der Waals surface area (Å²) >= 11 is 12.2. The van der Waals surface area contributed by atoms with Crippen molar-refractivity contribution in [1.29, 1.82) is 0 Å². The number of rotatable bonds is 2. The van der Waals surface area contributed by atoms with Crippen molar-refractivity contribution in [3.63, 3.8) is 0 Å². The largest absolute Gasteiger partial charge is 0.493 e. The van der Waals surface area contributed by atoms with Crippen molar-refractivity contribution < 1.29 is 14.6 Å². The van der Waals surface area contributed by atoms with E-state index >= 15 is 0 Å². The van der Waals surface area contributed by atoms with E-state index in [1.807, 2.05) is 18.2 Å². The van der Waals surface area contributed by atoms with Gasteiger partial charge in [-0.3, -0.25) is 0 Å². The van der Waals surface area contributed by atoms with Gasteiger partial charge in [-0.1, -0.05) is 35.3 Å². The van der Waals surface area contributed by atoms with E-state index in [4.69, 9.17) is 33.0 Å². The quantitative estimate of drug-likeness (QED) is 0.831. The SMILES string of the molecule is O=C(O)NC1CCOc2cc(-c3cc(Cl)ccc3Cl)ccc21. The lowest BCUT2D eigenvalue weighted by atomic mass is 9.96. The van der Waals surface area contributed by atoms with Gasteiger partial charge in [-0.2, -0.15) is 0 Å². The molecule has 1 atom stereocenters. The Bertz CT molecular complexity index is 733. The summed E-state index contributed by atoms with van der Waals surface area (Å²) in [6.07, 6.45) is -0.434. The molecule has 2 aromatic carbocycles. The van der Waals surface area contributed by atoms with Crippen LogP contribution in [0.3, 0.4) is 0 Å². The van der Waals surface area contributed by atoms with Crippen molar-refractivity contribution in [2.45, 2.75) is 12.5 Å². The van der Waals surface area contributed by atoms with Gasteiger partial charge in [0.05, 0.1) is 12.6 Å². The van der Waals surface area contributed by atoms with Gasteiger partial charge < -0.3 is 15.2 Å². The summed E-state index contributed by atoms with van der Waals surface area (Å²) < 4.78 is 5.66. The molecule has 1 unspecified atom stereocenters. The monoisotopic (exact) mass is 337 g/mol. The number of amides is 1. The zero-order valence-corrected chi connectivity index (χ0v) is 13.0. The maximum Gasteiger partial charge on any atom is 0.405 e. The molecule has 0 fully saturated rings. The predicted molar refractivity (Wildman–Crippen MR) is 85.9 cm³/mol. The number of ether oxygens (including phenoxy) is 1. The number of carboxylic acid groups (broad SMARTS) is 1. The van der Waals surface area contributed by atoms with E-state index in [1.54, 1.807) is 18.2 Å². The van der Waals surface area contributed by atoms with E-state index in [9.17, 15) is 4.79 Å². The summed E-state index contributed by atoms with van der Waals surface area (Å²) in [5, 5.41) is 12.6. The second kappa shape index (κ2) is 6.07. The van der Waals surface area contributed by atoms with Crippen LogP contribution in [0.15, 0.2) is 36.4 Å². The van der Waals surface area contributed by atoms with Crippen LogP contribution in [0, 0.1) is 0 Å². The van der Waals surface area contributed by atoms with Gasteiger partial charge in [0.25, 0.3) is 0 Å². The summed E-state index contributed by atoms with van der Waals surface area (Å²) in [5.74, 6) is 0.665. The van der Waals surface area contributed by atoms with Gasteiger partial charge in [0.15, 0.2) is 0 Å². The molecule has 6 heteroatoms. The van der Waals surface area contributed by atoms with E-state index in [-0.39, 0.29) is 6.04 Å². The van der Waals surface area contributed by atoms with Crippen LogP contribution in [0.1, 0.15) is 18.0 Å². The van der Waals surface area contributed by atoms with Gasteiger partial charge in [-0.25, -0.2) is 4.79 Å². The minimum atomic E-state index is -1.04. The summed E-state index contributed by atoms with van der Waals surface area (Å²) in [6.45, 7) is 0.463. The van der Waals surface area contributed by atoms with Gasteiger partial charge in [-0.15, -0.1) is 0 Å². The van der Waals surface area contributed by atoms with E-state index in [0.29, 0.717) is 28.8 Å². The Balaban J connectivity index is 2.00. The molecule has 0 bridgehead atoms. The second-order valence-corrected chi connectivity index (χ2v) is 5.86. The van der Waals surface area contributed by atoms with Crippen LogP contribution in [-0.2, 0) is 0 Å². The molecule has 0 aromatic heterocycles. The smallest absolute Gasteiger partial charge is 0.405 e. The Kier molecular flexibility index (Phi) is 4.14. The third kappa shape index (κ3) is 2.98. The van der Waals surface area contributed by atoms with Gasteiger partial charge in [0.2, 0.25) is 0 Å². The van der Waals surface area contributed by atoms with Crippen molar-refractivity contribution in [1.82, 2.24) is 5.32 Å². The molecule has 4 nitrogen and oxygen atoms in total. The number of fused-ring (bicyclic) bond motifs is 1. The zero-order chi connectivity index (χ0) is 15.7. The Morgan fingerprint density at radius 1 is 1.23 bits per heavy atom. The average molecular weight is 338 g/mol. The van der Waals surface area contributed by atoms with Crippen molar-refractivity contribution in [3.8, 4) is 16.9 Å². The topological polar surface area (TPSA) is 58.6 Å². The second-order valence-electron chi connectivity index (χ2n) is 5.02. The highest BCUT2D eigenvalue weighted by Crippen LogP contribution is 2.38. The fourth-order valence-corrected chi connectivity index (χ4v) is 2.97. The molecule has 0 radical (unpaired) electrons. The van der Waals surface area contributed by atoms with Crippen molar-refractivity contribution in [3.05, 3.63) is 52.0 Å². The number of hydrogen-bond acceptors (Lipinski definition) is 2. The number of nitrogens with one attached hydrogen (secondary N) is 1. The first-order chi connectivity index (χ1) is 10.5. The Morgan fingerprint density at radius 2 is 2.05 bits per heavy atom. The van der Waals surface area contributed by atoms with Crippen LogP contribution < -0.4 is 10.1 Å². The molecule has 3 rings (SSSR count). The van der Waals surface area contributed by atoms with Crippen LogP contribution in [0.5, 0.6) is 5.75 Å². The first-order valence-electron chi connectivity index (χ1n) is 6.76. The maximum absolute atomic E-state index is 10.9. The van der Waals surface area contributed by atoms with Gasteiger partial charge in [-0.05, 0) is 29.8 Å². The number of benzene rings is 2. The van der Waals surface area contributed by atoms with Gasteiger partial charge >= 0.3 is 6.09 Å². The molecule has 0 saturated carbocycles. The molecule has 114 valence electrons. The first-order valence-corrected chi connectivity index (χ1v) is 7.52. The average Bonchev–Trinajstić information content (AvgIpc) is 2.49. The highest BCUT2D eigenvalue weighted by atomic mass is 35.5. The lowest BCUT2D eigenvalue weighted by Crippen LogP contribution is -2.30. The predicted octanol–water partition coefficient (Wildman–Crippen LogP) is 4.75. The van der Waals surface area contributed by atoms with Crippen LogP contribution in [0.2, 0.25) is 10.0 Å². The highest BCUT2D eigenvalue weighted by molar-refractivity contribution is 6.35. The molecule has 0 saturated heterocycles. The summed E-state index contributed by atoms with van der Waals surface area (Å²) in [7, 11) is 0. The minimum absolute atomic E-state index is 0.259. The van der Waals surface area contributed by atoms with E-state index in [2.05, 4.69) is 5.32 Å². The molecular weight excluding hydrogens is 325 g/mol. The van der Waals surface area contributed by atoms with Gasteiger partial charge in [0.1, 0.15) is 5.75 Å². The van der Waals surface area contributed by atoms with Crippen molar-refractivity contribution in [2.24, 2.45) is 0 Å². The summed E-state index contributed by atoms with van der Waals surface area (Å²) in [6, 6.07) is 10.6. The lowest BCUT2D eigenvalue weighted by Gasteiger charge is -2.26. The molecular formula is C16H13Cl2NO3. The molecule has 1 amide bonds. The number of halogens is 2. The fourth-order valence-electron chi connectivity index (χ4n) is 2.57. The third-order valence-electron chi connectivity index (χ3n) is 3.59. The van der Waals surface area contributed by atoms with E-state index < -0.39 is 6.09 Å². The number of carbonyl (C=O) groups is 1. The normalized spacial score (nSPS) is 16.5. The van der Waals surface area contributed by atoms with Crippen LogP contribution in [0.25, 0.3) is 11.1 Å². The van der Waals surface area contributed by atoms with E-state index in [1.165, 1.54) is 0 Å². The van der Waals surface area contributed by atoms with Crippen molar-refractivity contribution in [2.75, 3.05) is 6.61 Å². The number of hydrogen-bond donors (Lipinski definition) is 2. The maximum atomic E-state index is 10.9. The third-order valence-corrected chi connectivity index (χ3v) is 4.15. The summed E-state index contributed by atoms with van der Waals surface area (Å²) in [5.41, 5.74) is 2.52. The first kappa shape index (κ1) is 15.0. The van der Waals surface area contributed by atoms with Crippen molar-refractivity contribution >= 4 is 29.3 Å². The molecule has 1 aliphatic rings. The zero-order valence-electron chi connectivity index (χ0n) is 11.5. The molecule has 1 heterocycles. The Labute approximate surface area is 137 Å². The van der Waals surface area contributed by atoms with Crippen LogP contribution >= 0.6 is 23.2 Å². The summed E-state index contributed by atoms with van der Waals surface area (Å²) in [4.78, 5) is 10.9. The molecule has 22 heavy (non-hydrogen) atoms. The van der Waals surface area contributed by atoms with Crippen LogP contribution in [-0.4, -0.2) is 17.8 Å². The standard InChI is InChI=1S/C16H13Cl2NO3/c17-10-2-4-13(18)12(8-10)9-1-3-11-14(19-16(20)21)5-6-22-15(11)7-9/h1-4,7-8,14,19H,5-6H2,(H,20,21). The lowest BCUT2D eigenvalue weighted by molar-refractivity contribution is 0.182. The molecule has 2 N–H and O–H groups in total. The minimum Gasteiger partial charge on any atom is -0.493 e. The Morgan fingerprint density at radius 3 is 2.82 bits per heavy atom.